The predicted octanol–water partition coefficient (Wildman–Crippen LogP) is 2.97. The monoisotopic (exact) mass is 339 g/mol. The van der Waals surface area contributed by atoms with Gasteiger partial charge >= 0.3 is 0 Å². The SMILES string of the molecule is CCN(Cc1nc2ccccc2c(=O)[nH]1)Cc1cn[nH]c1C(C)(C)C. The number of rotatable bonds is 5. The minimum atomic E-state index is -0.0876. The van der Waals surface area contributed by atoms with E-state index in [1.807, 2.05) is 24.4 Å². The van der Waals surface area contributed by atoms with E-state index in [2.05, 4.69) is 52.8 Å². The zero-order valence-electron chi connectivity index (χ0n) is 15.3. The molecule has 0 radical (unpaired) electrons. The molecule has 0 fully saturated rings. The number of nitrogens with one attached hydrogen (secondary N) is 2. The fourth-order valence-corrected chi connectivity index (χ4v) is 3.02. The number of hydrogen-bond donors (Lipinski definition) is 2. The molecule has 0 aliphatic heterocycles. The Hall–Kier alpha value is -2.47. The van der Waals surface area contributed by atoms with Gasteiger partial charge in [-0.15, -0.1) is 0 Å². The topological polar surface area (TPSA) is 77.7 Å². The highest BCUT2D eigenvalue weighted by Gasteiger charge is 2.21. The highest BCUT2D eigenvalue weighted by Crippen LogP contribution is 2.24. The zero-order valence-corrected chi connectivity index (χ0v) is 15.3. The van der Waals surface area contributed by atoms with Gasteiger partial charge in [0.15, 0.2) is 0 Å². The summed E-state index contributed by atoms with van der Waals surface area (Å²) in [5, 5.41) is 7.96. The molecule has 3 rings (SSSR count). The van der Waals surface area contributed by atoms with Crippen LogP contribution in [0.5, 0.6) is 0 Å². The van der Waals surface area contributed by atoms with Crippen LogP contribution in [0.4, 0.5) is 0 Å². The Kier molecular flexibility index (Phi) is 4.72. The fraction of sp³-hybridized carbons (Fsp3) is 0.421. The van der Waals surface area contributed by atoms with Gasteiger partial charge in [-0.1, -0.05) is 39.8 Å². The Morgan fingerprint density at radius 1 is 1.16 bits per heavy atom. The van der Waals surface area contributed by atoms with E-state index in [9.17, 15) is 4.79 Å². The van der Waals surface area contributed by atoms with Gasteiger partial charge in [-0.25, -0.2) is 4.98 Å². The van der Waals surface area contributed by atoms with Crippen molar-refractivity contribution in [2.45, 2.75) is 46.2 Å². The lowest BCUT2D eigenvalue weighted by atomic mass is 9.89. The first-order chi connectivity index (χ1) is 11.9. The fourth-order valence-electron chi connectivity index (χ4n) is 3.02. The second-order valence-electron chi connectivity index (χ2n) is 7.35. The molecule has 0 saturated carbocycles. The molecule has 132 valence electrons. The van der Waals surface area contributed by atoms with Crippen LogP contribution < -0.4 is 5.56 Å². The summed E-state index contributed by atoms with van der Waals surface area (Å²) in [4.78, 5) is 22.0. The maximum atomic E-state index is 12.2. The lowest BCUT2D eigenvalue weighted by Gasteiger charge is -2.23. The van der Waals surface area contributed by atoms with Gasteiger partial charge in [-0.2, -0.15) is 5.10 Å². The summed E-state index contributed by atoms with van der Waals surface area (Å²) in [7, 11) is 0. The first kappa shape index (κ1) is 17.4. The Morgan fingerprint density at radius 3 is 2.64 bits per heavy atom. The van der Waals surface area contributed by atoms with Crippen molar-refractivity contribution in [3.05, 3.63) is 57.9 Å². The highest BCUT2D eigenvalue weighted by atomic mass is 16.1. The average molecular weight is 339 g/mol. The molecule has 6 nitrogen and oxygen atoms in total. The maximum absolute atomic E-state index is 12.2. The van der Waals surface area contributed by atoms with Gasteiger partial charge < -0.3 is 4.98 Å². The summed E-state index contributed by atoms with van der Waals surface area (Å²) in [6.45, 7) is 10.8. The van der Waals surface area contributed by atoms with E-state index in [1.165, 1.54) is 5.56 Å². The van der Waals surface area contributed by atoms with Gasteiger partial charge in [-0.05, 0) is 18.7 Å². The Bertz CT molecular complexity index is 919. The van der Waals surface area contributed by atoms with Crippen LogP contribution in [0.15, 0.2) is 35.3 Å². The van der Waals surface area contributed by atoms with Crippen molar-refractivity contribution in [2.75, 3.05) is 6.54 Å². The van der Waals surface area contributed by atoms with Gasteiger partial charge in [-0.3, -0.25) is 14.8 Å². The molecule has 2 aromatic heterocycles. The molecule has 0 aliphatic rings. The molecule has 0 atom stereocenters. The van der Waals surface area contributed by atoms with E-state index in [4.69, 9.17) is 0 Å². The molecule has 2 N–H and O–H groups in total. The van der Waals surface area contributed by atoms with E-state index in [0.29, 0.717) is 17.8 Å². The highest BCUT2D eigenvalue weighted by molar-refractivity contribution is 5.77. The molecule has 0 spiro atoms. The molecule has 1 aromatic carbocycles. The lowest BCUT2D eigenvalue weighted by Crippen LogP contribution is -2.26. The Labute approximate surface area is 147 Å². The number of fused-ring (bicyclic) bond motifs is 1. The van der Waals surface area contributed by atoms with Crippen molar-refractivity contribution < 1.29 is 0 Å². The third-order valence-corrected chi connectivity index (χ3v) is 4.34. The predicted molar refractivity (Wildman–Crippen MR) is 99.4 cm³/mol. The average Bonchev–Trinajstić information content (AvgIpc) is 3.03. The summed E-state index contributed by atoms with van der Waals surface area (Å²) in [5.74, 6) is 0.686. The van der Waals surface area contributed by atoms with E-state index in [1.54, 1.807) is 6.07 Å². The van der Waals surface area contributed by atoms with Crippen molar-refractivity contribution in [2.24, 2.45) is 0 Å². The summed E-state index contributed by atoms with van der Waals surface area (Å²) in [5.41, 5.74) is 2.98. The number of aromatic nitrogens is 4. The van der Waals surface area contributed by atoms with Crippen molar-refractivity contribution in [1.82, 2.24) is 25.1 Å². The second kappa shape index (κ2) is 6.80. The lowest BCUT2D eigenvalue weighted by molar-refractivity contribution is 0.262. The molecular weight excluding hydrogens is 314 g/mol. The summed E-state index contributed by atoms with van der Waals surface area (Å²) < 4.78 is 0. The molecule has 0 saturated heterocycles. The standard InChI is InChI=1S/C19H25N5O/c1-5-24(11-13-10-20-23-17(13)19(2,3)4)12-16-21-15-9-7-6-8-14(15)18(25)22-16/h6-10H,5,11-12H2,1-4H3,(H,20,23)(H,21,22,25). The van der Waals surface area contributed by atoms with Crippen LogP contribution in [0.3, 0.4) is 0 Å². The number of hydrogen-bond acceptors (Lipinski definition) is 4. The van der Waals surface area contributed by atoms with E-state index >= 15 is 0 Å². The smallest absolute Gasteiger partial charge is 0.258 e. The number of aromatic amines is 2. The van der Waals surface area contributed by atoms with Crippen LogP contribution in [-0.2, 0) is 18.5 Å². The van der Waals surface area contributed by atoms with E-state index in [-0.39, 0.29) is 11.0 Å². The van der Waals surface area contributed by atoms with Crippen LogP contribution in [0.2, 0.25) is 0 Å². The minimum Gasteiger partial charge on any atom is -0.309 e. The minimum absolute atomic E-state index is 0.0146. The van der Waals surface area contributed by atoms with Crippen LogP contribution in [0.1, 0.15) is 44.8 Å². The van der Waals surface area contributed by atoms with Gasteiger partial charge in [0.25, 0.3) is 5.56 Å². The van der Waals surface area contributed by atoms with Crippen LogP contribution in [0.25, 0.3) is 10.9 Å². The second-order valence-corrected chi connectivity index (χ2v) is 7.35. The molecule has 0 amide bonds. The number of para-hydroxylation sites is 1. The van der Waals surface area contributed by atoms with Gasteiger partial charge in [0, 0.05) is 23.2 Å². The number of benzene rings is 1. The zero-order chi connectivity index (χ0) is 18.0. The quantitative estimate of drug-likeness (QED) is 0.749. The summed E-state index contributed by atoms with van der Waals surface area (Å²) in [6, 6.07) is 7.42. The third kappa shape index (κ3) is 3.79. The van der Waals surface area contributed by atoms with Gasteiger partial charge in [0.1, 0.15) is 5.82 Å². The molecule has 0 unspecified atom stereocenters. The Balaban J connectivity index is 1.84. The maximum Gasteiger partial charge on any atom is 0.258 e. The molecule has 6 heteroatoms. The van der Waals surface area contributed by atoms with Crippen molar-refractivity contribution in [1.29, 1.82) is 0 Å². The molecule has 25 heavy (non-hydrogen) atoms. The van der Waals surface area contributed by atoms with Crippen LogP contribution >= 0.6 is 0 Å². The molecule has 0 aliphatic carbocycles. The normalized spacial score (nSPS) is 12.2. The van der Waals surface area contributed by atoms with Crippen molar-refractivity contribution in [3.63, 3.8) is 0 Å². The molecule has 3 aromatic rings. The van der Waals surface area contributed by atoms with Crippen LogP contribution in [0, 0.1) is 0 Å². The molecule has 0 bridgehead atoms. The van der Waals surface area contributed by atoms with Crippen molar-refractivity contribution >= 4 is 10.9 Å². The van der Waals surface area contributed by atoms with Crippen LogP contribution in [-0.4, -0.2) is 31.6 Å². The molecule has 2 heterocycles. The molecular formula is C19H25N5O. The van der Waals surface area contributed by atoms with E-state index < -0.39 is 0 Å². The first-order valence-corrected chi connectivity index (χ1v) is 8.61. The van der Waals surface area contributed by atoms with E-state index in [0.717, 1.165) is 24.3 Å². The van der Waals surface area contributed by atoms with Gasteiger partial charge in [0.2, 0.25) is 0 Å². The van der Waals surface area contributed by atoms with Crippen molar-refractivity contribution in [3.8, 4) is 0 Å². The largest absolute Gasteiger partial charge is 0.309 e. The third-order valence-electron chi connectivity index (χ3n) is 4.34. The first-order valence-electron chi connectivity index (χ1n) is 8.61. The Morgan fingerprint density at radius 2 is 1.92 bits per heavy atom. The number of nitrogens with zero attached hydrogens (tertiary/aromatic N) is 3. The number of H-pyrrole nitrogens is 2. The summed E-state index contributed by atoms with van der Waals surface area (Å²) >= 11 is 0. The van der Waals surface area contributed by atoms with Gasteiger partial charge in [0.05, 0.1) is 23.6 Å². The summed E-state index contributed by atoms with van der Waals surface area (Å²) in [6.07, 6.45) is 1.89.